The third-order valence-corrected chi connectivity index (χ3v) is 2.84. The maximum absolute atomic E-state index is 11.6. The van der Waals surface area contributed by atoms with Gasteiger partial charge >= 0.3 is 0 Å². The fourth-order valence-electron chi connectivity index (χ4n) is 1.28. The van der Waals surface area contributed by atoms with E-state index in [0.717, 1.165) is 5.56 Å². The SMILES string of the molecule is CC(NC(=O)c1ccco1)c1ccsc1. The van der Waals surface area contributed by atoms with Crippen molar-refractivity contribution in [3.63, 3.8) is 0 Å². The molecule has 1 N–H and O–H groups in total. The van der Waals surface area contributed by atoms with Gasteiger partial charge in [-0.05, 0) is 41.4 Å². The zero-order valence-corrected chi connectivity index (χ0v) is 9.08. The number of carbonyl (C=O) groups is 1. The number of rotatable bonds is 3. The molecule has 0 radical (unpaired) electrons. The van der Waals surface area contributed by atoms with Crippen LogP contribution in [-0.4, -0.2) is 5.91 Å². The Morgan fingerprint density at radius 3 is 3.00 bits per heavy atom. The summed E-state index contributed by atoms with van der Waals surface area (Å²) in [6, 6.07) is 5.35. The van der Waals surface area contributed by atoms with E-state index in [4.69, 9.17) is 4.42 Å². The quantitative estimate of drug-likeness (QED) is 0.866. The lowest BCUT2D eigenvalue weighted by molar-refractivity contribution is 0.0912. The first-order valence-corrected chi connectivity index (χ1v) is 5.58. The second kappa shape index (κ2) is 4.31. The van der Waals surface area contributed by atoms with Crippen molar-refractivity contribution in [2.75, 3.05) is 0 Å². The van der Waals surface area contributed by atoms with Gasteiger partial charge in [-0.2, -0.15) is 11.3 Å². The largest absolute Gasteiger partial charge is 0.459 e. The fraction of sp³-hybridized carbons (Fsp3) is 0.182. The van der Waals surface area contributed by atoms with E-state index in [2.05, 4.69) is 5.32 Å². The van der Waals surface area contributed by atoms with Gasteiger partial charge < -0.3 is 9.73 Å². The monoisotopic (exact) mass is 221 g/mol. The van der Waals surface area contributed by atoms with Crippen LogP contribution >= 0.6 is 11.3 Å². The highest BCUT2D eigenvalue weighted by Crippen LogP contribution is 2.16. The van der Waals surface area contributed by atoms with Gasteiger partial charge in [0.1, 0.15) is 0 Å². The number of furan rings is 1. The molecule has 0 spiro atoms. The summed E-state index contributed by atoms with van der Waals surface area (Å²) >= 11 is 1.62. The van der Waals surface area contributed by atoms with Crippen LogP contribution in [0.4, 0.5) is 0 Å². The van der Waals surface area contributed by atoms with Crippen LogP contribution in [0.25, 0.3) is 0 Å². The molecule has 78 valence electrons. The van der Waals surface area contributed by atoms with E-state index in [1.165, 1.54) is 6.26 Å². The first-order valence-electron chi connectivity index (χ1n) is 4.64. The molecule has 2 rings (SSSR count). The summed E-state index contributed by atoms with van der Waals surface area (Å²) < 4.78 is 5.00. The van der Waals surface area contributed by atoms with E-state index in [1.54, 1.807) is 23.5 Å². The molecule has 2 heterocycles. The van der Waals surface area contributed by atoms with E-state index in [9.17, 15) is 4.79 Å². The summed E-state index contributed by atoms with van der Waals surface area (Å²) in [5, 5.41) is 6.87. The maximum Gasteiger partial charge on any atom is 0.287 e. The lowest BCUT2D eigenvalue weighted by Gasteiger charge is -2.10. The summed E-state index contributed by atoms with van der Waals surface area (Å²) in [5.74, 6) is 0.163. The molecule has 0 aliphatic carbocycles. The topological polar surface area (TPSA) is 42.2 Å². The molecule has 0 aliphatic heterocycles. The Bertz CT molecular complexity index is 419. The molecule has 0 bridgehead atoms. The number of hydrogen-bond acceptors (Lipinski definition) is 3. The molecule has 0 saturated carbocycles. The van der Waals surface area contributed by atoms with Gasteiger partial charge in [0.15, 0.2) is 5.76 Å². The van der Waals surface area contributed by atoms with Crippen molar-refractivity contribution in [2.45, 2.75) is 13.0 Å². The minimum absolute atomic E-state index is 0.00819. The fourth-order valence-corrected chi connectivity index (χ4v) is 2.03. The zero-order chi connectivity index (χ0) is 10.7. The van der Waals surface area contributed by atoms with Crippen LogP contribution in [0.15, 0.2) is 39.6 Å². The summed E-state index contributed by atoms with van der Waals surface area (Å²) in [6.07, 6.45) is 1.49. The van der Waals surface area contributed by atoms with Gasteiger partial charge in [0.05, 0.1) is 12.3 Å². The van der Waals surface area contributed by atoms with Crippen LogP contribution in [-0.2, 0) is 0 Å². The predicted molar refractivity (Wildman–Crippen MR) is 58.9 cm³/mol. The molecule has 2 aromatic rings. The highest BCUT2D eigenvalue weighted by atomic mass is 32.1. The van der Waals surface area contributed by atoms with Crippen molar-refractivity contribution < 1.29 is 9.21 Å². The minimum Gasteiger partial charge on any atom is -0.459 e. The van der Waals surface area contributed by atoms with Crippen molar-refractivity contribution in [3.05, 3.63) is 46.5 Å². The van der Waals surface area contributed by atoms with Gasteiger partial charge in [-0.15, -0.1) is 0 Å². The van der Waals surface area contributed by atoms with E-state index >= 15 is 0 Å². The summed E-state index contributed by atoms with van der Waals surface area (Å²) in [7, 11) is 0. The maximum atomic E-state index is 11.6. The summed E-state index contributed by atoms with van der Waals surface area (Å²) in [6.45, 7) is 1.95. The normalized spacial score (nSPS) is 12.3. The van der Waals surface area contributed by atoms with Gasteiger partial charge in [-0.1, -0.05) is 0 Å². The average Bonchev–Trinajstić information content (AvgIpc) is 2.91. The Kier molecular flexibility index (Phi) is 2.87. The van der Waals surface area contributed by atoms with Crippen molar-refractivity contribution >= 4 is 17.2 Å². The third-order valence-electron chi connectivity index (χ3n) is 2.14. The van der Waals surface area contributed by atoms with Crippen molar-refractivity contribution in [1.82, 2.24) is 5.32 Å². The first-order chi connectivity index (χ1) is 7.27. The molecular weight excluding hydrogens is 210 g/mol. The molecule has 3 nitrogen and oxygen atoms in total. The van der Waals surface area contributed by atoms with Crippen molar-refractivity contribution in [3.8, 4) is 0 Å². The van der Waals surface area contributed by atoms with Gasteiger partial charge in [0, 0.05) is 0 Å². The molecule has 0 aromatic carbocycles. The Balaban J connectivity index is 2.01. The van der Waals surface area contributed by atoms with Gasteiger partial charge in [0.2, 0.25) is 0 Å². The summed E-state index contributed by atoms with van der Waals surface area (Å²) in [5.41, 5.74) is 1.11. The average molecular weight is 221 g/mol. The van der Waals surface area contributed by atoms with Gasteiger partial charge in [0.25, 0.3) is 5.91 Å². The van der Waals surface area contributed by atoms with Crippen molar-refractivity contribution in [1.29, 1.82) is 0 Å². The van der Waals surface area contributed by atoms with E-state index in [1.807, 2.05) is 23.8 Å². The van der Waals surface area contributed by atoms with Crippen LogP contribution in [0.5, 0.6) is 0 Å². The molecule has 1 amide bonds. The zero-order valence-electron chi connectivity index (χ0n) is 8.27. The Morgan fingerprint density at radius 2 is 2.40 bits per heavy atom. The molecule has 2 aromatic heterocycles. The lowest BCUT2D eigenvalue weighted by atomic mass is 10.2. The number of hydrogen-bond donors (Lipinski definition) is 1. The Morgan fingerprint density at radius 1 is 1.53 bits per heavy atom. The number of amides is 1. The van der Waals surface area contributed by atoms with E-state index < -0.39 is 0 Å². The van der Waals surface area contributed by atoms with Crippen LogP contribution in [0, 0.1) is 0 Å². The smallest absolute Gasteiger partial charge is 0.287 e. The minimum atomic E-state index is -0.182. The highest BCUT2D eigenvalue weighted by Gasteiger charge is 2.13. The number of carbonyl (C=O) groups excluding carboxylic acids is 1. The molecular formula is C11H11NO2S. The standard InChI is InChI=1S/C11H11NO2S/c1-8(9-4-6-15-7-9)12-11(13)10-3-2-5-14-10/h2-8H,1H3,(H,12,13). The molecule has 1 unspecified atom stereocenters. The molecule has 0 saturated heterocycles. The predicted octanol–water partition coefficient (Wildman–Crippen LogP) is 2.83. The van der Waals surface area contributed by atoms with Gasteiger partial charge in [-0.25, -0.2) is 0 Å². The van der Waals surface area contributed by atoms with Crippen LogP contribution in [0.1, 0.15) is 29.1 Å². The number of nitrogens with one attached hydrogen (secondary N) is 1. The van der Waals surface area contributed by atoms with E-state index in [0.29, 0.717) is 5.76 Å². The summed E-state index contributed by atoms with van der Waals surface area (Å²) in [4.78, 5) is 11.6. The Hall–Kier alpha value is -1.55. The highest BCUT2D eigenvalue weighted by molar-refractivity contribution is 7.07. The second-order valence-corrected chi connectivity index (χ2v) is 4.01. The molecule has 0 aliphatic rings. The van der Waals surface area contributed by atoms with Gasteiger partial charge in [-0.3, -0.25) is 4.79 Å². The molecule has 0 fully saturated rings. The molecule has 15 heavy (non-hydrogen) atoms. The first kappa shape index (κ1) is 9.98. The Labute approximate surface area is 91.7 Å². The van der Waals surface area contributed by atoms with Crippen molar-refractivity contribution in [2.24, 2.45) is 0 Å². The van der Waals surface area contributed by atoms with Crippen LogP contribution in [0.2, 0.25) is 0 Å². The van der Waals surface area contributed by atoms with Crippen LogP contribution in [0.3, 0.4) is 0 Å². The second-order valence-electron chi connectivity index (χ2n) is 3.23. The number of thiophene rings is 1. The third kappa shape index (κ3) is 2.27. The molecule has 4 heteroatoms. The van der Waals surface area contributed by atoms with E-state index in [-0.39, 0.29) is 11.9 Å². The molecule has 1 atom stereocenters. The van der Waals surface area contributed by atoms with Crippen LogP contribution < -0.4 is 5.32 Å². The lowest BCUT2D eigenvalue weighted by Crippen LogP contribution is -2.25.